The number of hydrogen-bond acceptors (Lipinski definition) is 5. The second kappa shape index (κ2) is 6.84. The molecule has 0 spiro atoms. The molecule has 24 heavy (non-hydrogen) atoms. The fourth-order valence-electron chi connectivity index (χ4n) is 2.35. The third-order valence-electron chi connectivity index (χ3n) is 3.50. The Morgan fingerprint density at radius 1 is 1.17 bits per heavy atom. The van der Waals surface area contributed by atoms with Gasteiger partial charge in [-0.2, -0.15) is 0 Å². The summed E-state index contributed by atoms with van der Waals surface area (Å²) in [6.07, 6.45) is 0.952. The van der Waals surface area contributed by atoms with Crippen molar-refractivity contribution in [1.29, 1.82) is 0 Å². The maximum absolute atomic E-state index is 12.9. The van der Waals surface area contributed by atoms with Gasteiger partial charge in [0.05, 0.1) is 21.5 Å². The monoisotopic (exact) mass is 341 g/mol. The average molecular weight is 341 g/mol. The highest BCUT2D eigenvalue weighted by molar-refractivity contribution is 7.99. The van der Waals surface area contributed by atoms with Crippen molar-refractivity contribution in [2.45, 2.75) is 18.5 Å². The van der Waals surface area contributed by atoms with Crippen molar-refractivity contribution in [1.82, 2.24) is 9.55 Å². The summed E-state index contributed by atoms with van der Waals surface area (Å²) >= 11 is 1.50. The summed E-state index contributed by atoms with van der Waals surface area (Å²) in [7, 11) is 0. The number of para-hydroxylation sites is 1. The summed E-state index contributed by atoms with van der Waals surface area (Å²) < 4.78 is 1.52. The standard InChI is InChI=1S/C17H15N3O3S/c1-2-11-24-17-18-15-6-4-3-5-14(15)16(21)19(17)12-7-9-13(10-8-12)20(22)23/h3-10H,2,11H2,1H3. The van der Waals surface area contributed by atoms with Crippen molar-refractivity contribution < 1.29 is 4.92 Å². The molecule has 0 fully saturated rings. The molecule has 0 saturated heterocycles. The van der Waals surface area contributed by atoms with E-state index in [0.717, 1.165) is 12.2 Å². The highest BCUT2D eigenvalue weighted by Crippen LogP contribution is 2.23. The predicted octanol–water partition coefficient (Wildman–Crippen LogP) is 3.80. The lowest BCUT2D eigenvalue weighted by atomic mass is 10.2. The highest BCUT2D eigenvalue weighted by Gasteiger charge is 2.14. The molecule has 3 aromatic rings. The van der Waals surface area contributed by atoms with Crippen LogP contribution in [0.25, 0.3) is 16.6 Å². The Hall–Kier alpha value is -2.67. The van der Waals surface area contributed by atoms with Gasteiger partial charge in [0.15, 0.2) is 5.16 Å². The van der Waals surface area contributed by atoms with E-state index in [0.29, 0.717) is 21.7 Å². The Bertz CT molecular complexity index is 951. The molecule has 0 unspecified atom stereocenters. The molecule has 0 saturated carbocycles. The third-order valence-corrected chi connectivity index (χ3v) is 4.64. The minimum Gasteiger partial charge on any atom is -0.268 e. The molecule has 7 heteroatoms. The number of non-ortho nitro benzene ring substituents is 1. The first-order chi connectivity index (χ1) is 11.6. The molecule has 0 atom stereocenters. The fourth-order valence-corrected chi connectivity index (χ4v) is 3.22. The first-order valence-corrected chi connectivity index (χ1v) is 8.50. The average Bonchev–Trinajstić information content (AvgIpc) is 2.60. The zero-order chi connectivity index (χ0) is 17.1. The van der Waals surface area contributed by atoms with Gasteiger partial charge >= 0.3 is 0 Å². The van der Waals surface area contributed by atoms with Gasteiger partial charge in [-0.15, -0.1) is 0 Å². The van der Waals surface area contributed by atoms with Crippen LogP contribution in [0.15, 0.2) is 58.5 Å². The van der Waals surface area contributed by atoms with Crippen molar-refractivity contribution in [3.05, 3.63) is 69.0 Å². The summed E-state index contributed by atoms with van der Waals surface area (Å²) in [5.41, 5.74) is 1.04. The largest absolute Gasteiger partial charge is 0.269 e. The molecule has 0 radical (unpaired) electrons. The van der Waals surface area contributed by atoms with Crippen LogP contribution in [0.4, 0.5) is 5.69 Å². The smallest absolute Gasteiger partial charge is 0.268 e. The van der Waals surface area contributed by atoms with Crippen LogP contribution < -0.4 is 5.56 Å². The quantitative estimate of drug-likeness (QED) is 0.305. The van der Waals surface area contributed by atoms with E-state index in [1.165, 1.54) is 28.5 Å². The van der Waals surface area contributed by atoms with E-state index in [1.807, 2.05) is 12.1 Å². The molecule has 3 rings (SSSR count). The topological polar surface area (TPSA) is 78.0 Å². The Morgan fingerprint density at radius 3 is 2.54 bits per heavy atom. The van der Waals surface area contributed by atoms with E-state index >= 15 is 0 Å². The third kappa shape index (κ3) is 3.03. The van der Waals surface area contributed by atoms with Gasteiger partial charge in [0.25, 0.3) is 11.2 Å². The lowest BCUT2D eigenvalue weighted by Gasteiger charge is -2.12. The Labute approximate surface area is 142 Å². The van der Waals surface area contributed by atoms with E-state index in [-0.39, 0.29) is 11.2 Å². The lowest BCUT2D eigenvalue weighted by Crippen LogP contribution is -2.21. The Balaban J connectivity index is 2.22. The second-order valence-corrected chi connectivity index (χ2v) is 6.24. The van der Waals surface area contributed by atoms with Crippen LogP contribution in [-0.2, 0) is 0 Å². The Morgan fingerprint density at radius 2 is 1.88 bits per heavy atom. The van der Waals surface area contributed by atoms with E-state index in [9.17, 15) is 14.9 Å². The van der Waals surface area contributed by atoms with Crippen LogP contribution in [0.5, 0.6) is 0 Å². The van der Waals surface area contributed by atoms with Gasteiger partial charge in [-0.3, -0.25) is 19.5 Å². The maximum Gasteiger partial charge on any atom is 0.269 e. The van der Waals surface area contributed by atoms with Gasteiger partial charge in [-0.05, 0) is 30.7 Å². The predicted molar refractivity (Wildman–Crippen MR) is 95.0 cm³/mol. The highest BCUT2D eigenvalue weighted by atomic mass is 32.2. The molecule has 2 aromatic carbocycles. The van der Waals surface area contributed by atoms with Gasteiger partial charge in [0.1, 0.15) is 0 Å². The number of hydrogen-bond donors (Lipinski definition) is 0. The number of thioether (sulfide) groups is 1. The first-order valence-electron chi connectivity index (χ1n) is 7.51. The number of nitrogens with zero attached hydrogens (tertiary/aromatic N) is 3. The molecule has 0 aliphatic carbocycles. The minimum atomic E-state index is -0.460. The van der Waals surface area contributed by atoms with Crippen molar-refractivity contribution in [3.63, 3.8) is 0 Å². The molecule has 0 N–H and O–H groups in total. The number of aromatic nitrogens is 2. The number of rotatable bonds is 5. The van der Waals surface area contributed by atoms with Crippen molar-refractivity contribution >= 4 is 28.4 Å². The van der Waals surface area contributed by atoms with E-state index in [2.05, 4.69) is 11.9 Å². The number of fused-ring (bicyclic) bond motifs is 1. The summed E-state index contributed by atoms with van der Waals surface area (Å²) in [6.45, 7) is 2.06. The molecule has 1 aromatic heterocycles. The van der Waals surface area contributed by atoms with Crippen LogP contribution in [0.1, 0.15) is 13.3 Å². The first kappa shape index (κ1) is 16.2. The summed E-state index contributed by atoms with van der Waals surface area (Å²) in [4.78, 5) is 27.9. The summed E-state index contributed by atoms with van der Waals surface area (Å²) in [5, 5.41) is 11.9. The minimum absolute atomic E-state index is 0.0108. The van der Waals surface area contributed by atoms with Crippen molar-refractivity contribution in [2.75, 3.05) is 5.75 Å². The van der Waals surface area contributed by atoms with Crippen molar-refractivity contribution in [3.8, 4) is 5.69 Å². The summed E-state index contributed by atoms with van der Waals surface area (Å²) in [6, 6.07) is 13.1. The number of benzene rings is 2. The number of nitro benzene ring substituents is 1. The molecule has 0 aliphatic heterocycles. The fraction of sp³-hybridized carbons (Fsp3) is 0.176. The van der Waals surface area contributed by atoms with E-state index in [4.69, 9.17) is 0 Å². The SMILES string of the molecule is CCCSc1nc2ccccc2c(=O)n1-c1ccc([N+](=O)[O-])cc1. The zero-order valence-corrected chi connectivity index (χ0v) is 13.8. The van der Waals surface area contributed by atoms with Gasteiger partial charge in [0, 0.05) is 17.9 Å². The second-order valence-electron chi connectivity index (χ2n) is 5.17. The molecule has 0 bridgehead atoms. The van der Waals surface area contributed by atoms with Crippen LogP contribution >= 0.6 is 11.8 Å². The normalized spacial score (nSPS) is 10.9. The molecule has 1 heterocycles. The molecule has 6 nitrogen and oxygen atoms in total. The van der Waals surface area contributed by atoms with Crippen LogP contribution in [0.2, 0.25) is 0 Å². The lowest BCUT2D eigenvalue weighted by molar-refractivity contribution is -0.384. The van der Waals surface area contributed by atoms with Crippen LogP contribution in [0.3, 0.4) is 0 Å². The molecular formula is C17H15N3O3S. The molecule has 0 amide bonds. The molecule has 0 aliphatic rings. The molecular weight excluding hydrogens is 326 g/mol. The Kier molecular flexibility index (Phi) is 4.61. The summed E-state index contributed by atoms with van der Waals surface area (Å²) in [5.74, 6) is 0.831. The van der Waals surface area contributed by atoms with Gasteiger partial charge in [-0.1, -0.05) is 30.8 Å². The van der Waals surface area contributed by atoms with E-state index < -0.39 is 4.92 Å². The zero-order valence-electron chi connectivity index (χ0n) is 13.0. The van der Waals surface area contributed by atoms with Crippen molar-refractivity contribution in [2.24, 2.45) is 0 Å². The van der Waals surface area contributed by atoms with Crippen LogP contribution in [-0.4, -0.2) is 20.2 Å². The van der Waals surface area contributed by atoms with Crippen LogP contribution in [0, 0.1) is 10.1 Å². The van der Waals surface area contributed by atoms with Gasteiger partial charge in [-0.25, -0.2) is 4.98 Å². The van der Waals surface area contributed by atoms with Gasteiger partial charge < -0.3 is 0 Å². The number of nitro groups is 1. The van der Waals surface area contributed by atoms with Gasteiger partial charge in [0.2, 0.25) is 0 Å². The van der Waals surface area contributed by atoms with E-state index in [1.54, 1.807) is 24.3 Å². The molecule has 122 valence electrons. The maximum atomic E-state index is 12.9.